The van der Waals surface area contributed by atoms with E-state index in [0.29, 0.717) is 53.3 Å². The van der Waals surface area contributed by atoms with E-state index in [2.05, 4.69) is 78.5 Å². The van der Waals surface area contributed by atoms with Crippen LogP contribution in [0, 0.1) is 10.1 Å². The van der Waals surface area contributed by atoms with Crippen LogP contribution < -0.4 is 35.6 Å². The number of hydrogen-bond donors (Lipinski definition) is 3. The third-order valence-corrected chi connectivity index (χ3v) is 13.2. The molecule has 0 radical (unpaired) electrons. The van der Waals surface area contributed by atoms with Crippen molar-refractivity contribution in [1.82, 2.24) is 38.9 Å². The quantitative estimate of drug-likeness (QED) is 0.0444. The van der Waals surface area contributed by atoms with Gasteiger partial charge >= 0.3 is 0 Å². The van der Waals surface area contributed by atoms with Gasteiger partial charge in [-0.3, -0.25) is 10.1 Å². The van der Waals surface area contributed by atoms with Gasteiger partial charge in [-0.1, -0.05) is 51.3 Å². The number of nitro groups is 1. The average molecular weight is 1010 g/mol. The van der Waals surface area contributed by atoms with Crippen molar-refractivity contribution in [3.8, 4) is 34.0 Å². The minimum Gasteiger partial charge on any atom is -0.494 e. The van der Waals surface area contributed by atoms with Gasteiger partial charge in [-0.05, 0) is 83.1 Å². The molecule has 0 atom stereocenters. The first-order valence-electron chi connectivity index (χ1n) is 26.8. The molecule has 2 aliphatic rings. The normalized spacial score (nSPS) is 13.9. The van der Waals surface area contributed by atoms with Crippen LogP contribution in [0.25, 0.3) is 44.3 Å². The van der Waals surface area contributed by atoms with Crippen LogP contribution >= 0.6 is 0 Å². The summed E-state index contributed by atoms with van der Waals surface area (Å²) >= 11 is 0. The Kier molecular flexibility index (Phi) is 14.4. The van der Waals surface area contributed by atoms with E-state index in [-0.39, 0.29) is 39.6 Å². The van der Waals surface area contributed by atoms with Crippen molar-refractivity contribution < 1.29 is 22.6 Å². The first kappa shape index (κ1) is 45.9. The number of aryl methyl sites for hydroxylation is 4. The molecule has 0 fully saturated rings. The van der Waals surface area contributed by atoms with Gasteiger partial charge in [0.2, 0.25) is 11.9 Å². The summed E-state index contributed by atoms with van der Waals surface area (Å²) in [6, 6.07) is 23.2. The van der Waals surface area contributed by atoms with Gasteiger partial charge in [0.1, 0.15) is 17.2 Å². The van der Waals surface area contributed by atoms with Gasteiger partial charge in [0, 0.05) is 126 Å². The molecule has 0 bridgehead atoms. The van der Waals surface area contributed by atoms with E-state index in [1.807, 2.05) is 30.1 Å². The summed E-state index contributed by atoms with van der Waals surface area (Å²) in [5.41, 5.74) is 17.7. The minimum absolute atomic E-state index is 0. The van der Waals surface area contributed by atoms with Gasteiger partial charge in [0.25, 0.3) is 5.69 Å². The standard InChI is InChI=1S/C27H31N7O3.C27H33N7O.2CH4/c1-31(2)13-14-32(3)23-16-25(37-4)22(15-24(23)34(35)36)30-27-28-11-10-21(29-27)20-17-33-12-6-8-18-7-5-9-19(20)26(18)33;1-32(2)13-14-33(3)24-16-25(35-4)23(15-21(24)28)31-27-29-11-10-22(30-27)20-17-34-12-6-8-18-7-5-9-19(20)26(18)34;;/h5,7,9-11,15-17H,6,8,12-14H2,1-4H3,(H,28,29,30);5,7,9-11,15-17H,6,8,12-14,28H2,1-4H3,(H,29,30,31);2*1H4/i2*1D3;;. The summed E-state index contributed by atoms with van der Waals surface area (Å²) in [5, 5.41) is 20.7. The van der Waals surface area contributed by atoms with Crippen LogP contribution in [0.3, 0.4) is 0 Å². The number of nitrogens with zero attached hydrogens (tertiary/aromatic N) is 11. The lowest BCUT2D eigenvalue weighted by molar-refractivity contribution is -0.384. The van der Waals surface area contributed by atoms with Gasteiger partial charge in [0.15, 0.2) is 0 Å². The molecule has 0 amide bonds. The summed E-state index contributed by atoms with van der Waals surface area (Å²) in [7, 11) is 9.68. The van der Waals surface area contributed by atoms with Crippen LogP contribution in [0.15, 0.2) is 97.6 Å². The van der Waals surface area contributed by atoms with Crippen molar-refractivity contribution >= 4 is 67.8 Å². The summed E-state index contributed by atoms with van der Waals surface area (Å²) < 4.78 is 61.0. The Hall–Kier alpha value is -7.96. The molecule has 0 saturated carbocycles. The molecule has 390 valence electrons. The molecule has 2 aliphatic heterocycles. The Morgan fingerprint density at radius 3 is 1.64 bits per heavy atom. The Morgan fingerprint density at radius 1 is 0.689 bits per heavy atom. The number of nitro benzene ring substituents is 1. The molecule has 4 N–H and O–H groups in total. The van der Waals surface area contributed by atoms with Crippen molar-refractivity contribution in [2.45, 2.75) is 53.6 Å². The maximum absolute atomic E-state index is 12.0. The number of methoxy groups -OCH3 is 2. The predicted octanol–water partition coefficient (Wildman–Crippen LogP) is 10.4. The third kappa shape index (κ3) is 11.3. The Balaban J connectivity index is 0.000000226. The lowest BCUT2D eigenvalue weighted by atomic mass is 10.0. The fourth-order valence-electron chi connectivity index (χ4n) is 9.60. The highest BCUT2D eigenvalue weighted by atomic mass is 16.6. The van der Waals surface area contributed by atoms with Crippen LogP contribution in [0.4, 0.5) is 46.0 Å². The minimum atomic E-state index is -2.25. The maximum Gasteiger partial charge on any atom is 0.294 e. The monoisotopic (exact) mass is 1010 g/mol. The van der Waals surface area contributed by atoms with Gasteiger partial charge in [0.05, 0.1) is 64.3 Å². The molecule has 0 aliphatic carbocycles. The fourth-order valence-corrected chi connectivity index (χ4v) is 9.60. The van der Waals surface area contributed by atoms with Gasteiger partial charge < -0.3 is 54.6 Å². The largest absolute Gasteiger partial charge is 0.494 e. The van der Waals surface area contributed by atoms with E-state index >= 15 is 0 Å². The Morgan fingerprint density at radius 2 is 1.16 bits per heavy atom. The van der Waals surface area contributed by atoms with Crippen molar-refractivity contribution in [1.29, 1.82) is 0 Å². The van der Waals surface area contributed by atoms with E-state index in [1.54, 1.807) is 50.6 Å². The van der Waals surface area contributed by atoms with Gasteiger partial charge in [-0.2, -0.15) is 0 Å². The van der Waals surface area contributed by atoms with E-state index in [9.17, 15) is 10.1 Å². The lowest BCUT2D eigenvalue weighted by Gasteiger charge is -2.24. The number of hydrogen-bond acceptors (Lipinski definition) is 15. The number of para-hydroxylation sites is 2. The Bertz CT molecular complexity index is 3490. The van der Waals surface area contributed by atoms with E-state index < -0.39 is 18.9 Å². The second-order valence-electron chi connectivity index (χ2n) is 18.2. The topological polar surface area (TPSA) is 186 Å². The molecule has 0 spiro atoms. The molecule has 4 aromatic carbocycles. The van der Waals surface area contributed by atoms with Gasteiger partial charge in [-0.25, -0.2) is 19.9 Å². The predicted molar refractivity (Wildman–Crippen MR) is 303 cm³/mol. The highest BCUT2D eigenvalue weighted by molar-refractivity contribution is 5.98. The molecule has 6 heterocycles. The lowest BCUT2D eigenvalue weighted by Crippen LogP contribution is -2.29. The van der Waals surface area contributed by atoms with E-state index in [1.165, 1.54) is 57.6 Å². The number of nitrogens with one attached hydrogen (secondary N) is 2. The van der Waals surface area contributed by atoms with Crippen LogP contribution in [0.2, 0.25) is 0 Å². The van der Waals surface area contributed by atoms with Crippen molar-refractivity contribution in [3.05, 3.63) is 119 Å². The number of rotatable bonds is 17. The van der Waals surface area contributed by atoms with Crippen LogP contribution in [-0.4, -0.2) is 126 Å². The zero-order chi connectivity index (χ0) is 55.6. The molecule has 0 saturated heterocycles. The third-order valence-electron chi connectivity index (χ3n) is 13.2. The molecular weight excluding hydrogens is 933 g/mol. The first-order chi connectivity index (χ1) is 37.2. The number of ether oxygens (including phenoxy) is 2. The number of aromatic nitrogens is 6. The number of nitrogens with two attached hydrogens (primary N) is 1. The van der Waals surface area contributed by atoms with Gasteiger partial charge in [-0.15, -0.1) is 0 Å². The van der Waals surface area contributed by atoms with Crippen molar-refractivity contribution in [2.75, 3.05) is 109 Å². The highest BCUT2D eigenvalue weighted by Gasteiger charge is 2.24. The first-order valence-corrected chi connectivity index (χ1v) is 23.8. The van der Waals surface area contributed by atoms with Crippen LogP contribution in [0.5, 0.6) is 11.5 Å². The maximum atomic E-state index is 12.0. The zero-order valence-corrected chi connectivity index (χ0v) is 41.4. The molecule has 10 rings (SSSR count). The molecule has 4 aromatic heterocycles. The van der Waals surface area contributed by atoms with E-state index in [0.717, 1.165) is 72.4 Å². The smallest absolute Gasteiger partial charge is 0.294 e. The Labute approximate surface area is 443 Å². The highest BCUT2D eigenvalue weighted by Crippen LogP contribution is 2.41. The molecule has 74 heavy (non-hydrogen) atoms. The van der Waals surface area contributed by atoms with E-state index in [4.69, 9.17) is 33.4 Å². The molecule has 18 heteroatoms. The summed E-state index contributed by atoms with van der Waals surface area (Å²) in [4.78, 5) is 36.0. The second-order valence-corrected chi connectivity index (χ2v) is 18.2. The number of benzene rings is 4. The zero-order valence-electron chi connectivity index (χ0n) is 47.4. The molecular formula is C56H72N14O4. The van der Waals surface area contributed by atoms with Crippen molar-refractivity contribution in [2.24, 2.45) is 0 Å². The molecule has 18 nitrogen and oxygen atoms in total. The molecule has 0 unspecified atom stereocenters. The second kappa shape index (κ2) is 23.3. The fraction of sp³-hybridized carbons (Fsp3) is 0.357. The average Bonchev–Trinajstić information content (AvgIpc) is 4.00. The summed E-state index contributed by atoms with van der Waals surface area (Å²) in [6.45, 7) is -1.15. The number of nitrogen functional groups attached to an aromatic ring is 1. The SMILES string of the molecule is C.C.[2H]C([2H])([2H])N(C)CCN(C)c1cc(OC)c(Nc2nccc(-c3cn4c5c(cccc35)CCC4)n2)cc1N.[2H]C([2H])([2H])N(C)CCN(C)c1cc(OC)c(Nc2nccc(-c3cn4c5c(cccc35)CCC4)n2)cc1[N+](=O)[O-]. The number of anilines is 7. The van der Waals surface area contributed by atoms with Crippen LogP contribution in [0.1, 0.15) is 47.0 Å². The summed E-state index contributed by atoms with van der Waals surface area (Å²) in [6.07, 6.45) is 12.1. The van der Waals surface area contributed by atoms with Crippen molar-refractivity contribution in [3.63, 3.8) is 0 Å². The molecule has 8 aromatic rings. The number of likely N-dealkylation sites (N-methyl/N-ethyl adjacent to an activating group) is 4. The van der Waals surface area contributed by atoms with Crippen LogP contribution in [-0.2, 0) is 25.9 Å². The summed E-state index contributed by atoms with van der Waals surface area (Å²) in [5.74, 6) is 1.65.